The Morgan fingerprint density at radius 1 is 0.850 bits per heavy atom. The predicted molar refractivity (Wildman–Crippen MR) is 85.9 cm³/mol. The van der Waals surface area contributed by atoms with Crippen molar-refractivity contribution in [3.8, 4) is 0 Å². The third-order valence-electron chi connectivity index (χ3n) is 3.40. The van der Waals surface area contributed by atoms with E-state index in [1.807, 2.05) is 0 Å². The van der Waals surface area contributed by atoms with Crippen molar-refractivity contribution in [2.24, 2.45) is 0 Å². The van der Waals surface area contributed by atoms with Crippen LogP contribution in [0.2, 0.25) is 0 Å². The molecule has 1 atom stereocenters. The van der Waals surface area contributed by atoms with E-state index in [1.165, 1.54) is 19.3 Å². The van der Waals surface area contributed by atoms with E-state index in [4.69, 9.17) is 4.52 Å². The smallest absolute Gasteiger partial charge is 0.312 e. The van der Waals surface area contributed by atoms with E-state index in [2.05, 4.69) is 20.8 Å². The van der Waals surface area contributed by atoms with Crippen LogP contribution in [-0.2, 0) is 9.09 Å². The average Bonchev–Trinajstić information content (AvgIpc) is 2.42. The van der Waals surface area contributed by atoms with Gasteiger partial charge in [-0.3, -0.25) is 4.52 Å². The largest absolute Gasteiger partial charge is 0.405 e. The first-order valence-corrected chi connectivity index (χ1v) is 9.84. The van der Waals surface area contributed by atoms with Crippen molar-refractivity contribution in [3.05, 3.63) is 0 Å². The van der Waals surface area contributed by atoms with Crippen molar-refractivity contribution in [2.45, 2.75) is 78.6 Å². The highest BCUT2D eigenvalue weighted by Crippen LogP contribution is 2.46. The molecule has 0 rings (SSSR count). The van der Waals surface area contributed by atoms with Crippen LogP contribution in [0.4, 0.5) is 0 Å². The molecule has 0 radical (unpaired) electrons. The third-order valence-corrected chi connectivity index (χ3v) is 5.04. The Kier molecular flexibility index (Phi) is 12.9. The highest BCUT2D eigenvalue weighted by Gasteiger charge is 2.28. The Hall–Kier alpha value is 0.110. The van der Waals surface area contributed by atoms with E-state index in [0.29, 0.717) is 19.7 Å². The second-order valence-corrected chi connectivity index (χ2v) is 7.20. The van der Waals surface area contributed by atoms with Gasteiger partial charge < -0.3 is 4.89 Å². The number of unbranched alkanes of at least 4 members (excludes halogenated alkanes) is 6. The molecule has 0 fully saturated rings. The molecule has 0 aliphatic carbocycles. The minimum Gasteiger partial charge on any atom is -0.312 e. The molecule has 122 valence electrons. The fourth-order valence-corrected chi connectivity index (χ4v) is 3.34. The van der Waals surface area contributed by atoms with Crippen LogP contribution in [0.1, 0.15) is 78.6 Å². The maximum Gasteiger partial charge on any atom is 0.405 e. The molecule has 0 aliphatic heterocycles. The summed E-state index contributed by atoms with van der Waals surface area (Å²) in [6.45, 7) is 8.06. The number of nitrogens with zero attached hydrogens (tertiary/aromatic N) is 1. The molecule has 20 heavy (non-hydrogen) atoms. The van der Waals surface area contributed by atoms with Gasteiger partial charge in [0.05, 0.1) is 6.61 Å². The molecule has 4 nitrogen and oxygen atoms in total. The summed E-state index contributed by atoms with van der Waals surface area (Å²) >= 11 is 0. The van der Waals surface area contributed by atoms with Gasteiger partial charge in [0, 0.05) is 13.1 Å². The van der Waals surface area contributed by atoms with E-state index in [9.17, 15) is 9.46 Å². The maximum absolute atomic E-state index is 12.3. The van der Waals surface area contributed by atoms with Gasteiger partial charge in [-0.15, -0.1) is 0 Å². The highest BCUT2D eigenvalue weighted by atomic mass is 31.2. The molecule has 0 spiro atoms. The number of hydrogen-bond acceptors (Lipinski definition) is 2. The Morgan fingerprint density at radius 2 is 1.35 bits per heavy atom. The molecule has 0 heterocycles. The van der Waals surface area contributed by atoms with Gasteiger partial charge in [-0.25, -0.2) is 9.24 Å². The molecule has 0 saturated carbocycles. The van der Waals surface area contributed by atoms with Gasteiger partial charge in [0.1, 0.15) is 0 Å². The van der Waals surface area contributed by atoms with E-state index in [1.54, 1.807) is 4.67 Å². The standard InChI is InChI=1S/C15H34NO3P/c1-4-7-10-11-12-15-19-20(17,18)16(13-8-5-2)14-9-6-3/h4-15H2,1-3H3,(H,17,18). The number of hydrogen-bond donors (Lipinski definition) is 1. The van der Waals surface area contributed by atoms with E-state index < -0.39 is 7.75 Å². The van der Waals surface area contributed by atoms with Crippen LogP contribution in [-0.4, -0.2) is 29.3 Å². The second kappa shape index (κ2) is 12.8. The second-order valence-electron chi connectivity index (χ2n) is 5.40. The van der Waals surface area contributed by atoms with Crippen molar-refractivity contribution < 1.29 is 14.0 Å². The van der Waals surface area contributed by atoms with Gasteiger partial charge in [-0.05, 0) is 19.3 Å². The van der Waals surface area contributed by atoms with Crippen LogP contribution in [0.15, 0.2) is 0 Å². The molecule has 5 heteroatoms. The van der Waals surface area contributed by atoms with Gasteiger partial charge in [-0.1, -0.05) is 59.3 Å². The van der Waals surface area contributed by atoms with Crippen LogP contribution >= 0.6 is 7.75 Å². The van der Waals surface area contributed by atoms with Crippen LogP contribution in [0.5, 0.6) is 0 Å². The zero-order valence-electron chi connectivity index (χ0n) is 13.6. The SMILES string of the molecule is CCCCCCCOP(=O)(O)N(CCCC)CCCC. The summed E-state index contributed by atoms with van der Waals surface area (Å²) in [6, 6.07) is 0. The summed E-state index contributed by atoms with van der Waals surface area (Å²) in [6.07, 6.45) is 9.52. The van der Waals surface area contributed by atoms with Gasteiger partial charge in [0.15, 0.2) is 0 Å². The van der Waals surface area contributed by atoms with Gasteiger partial charge in [0.25, 0.3) is 0 Å². The zero-order valence-corrected chi connectivity index (χ0v) is 14.5. The summed E-state index contributed by atoms with van der Waals surface area (Å²) in [5.41, 5.74) is 0. The quantitative estimate of drug-likeness (QED) is 0.363. The zero-order chi connectivity index (χ0) is 15.3. The molecule has 0 amide bonds. The predicted octanol–water partition coefficient (Wildman–Crippen LogP) is 4.98. The Bertz CT molecular complexity index is 254. The first-order chi connectivity index (χ1) is 9.58. The fraction of sp³-hybridized carbons (Fsp3) is 1.00. The van der Waals surface area contributed by atoms with E-state index in [0.717, 1.165) is 38.5 Å². The molecule has 1 N–H and O–H groups in total. The minimum absolute atomic E-state index is 0.395. The lowest BCUT2D eigenvalue weighted by Gasteiger charge is -2.26. The van der Waals surface area contributed by atoms with Gasteiger partial charge in [0.2, 0.25) is 0 Å². The molecule has 0 aliphatic rings. The lowest BCUT2D eigenvalue weighted by Crippen LogP contribution is -2.24. The summed E-state index contributed by atoms with van der Waals surface area (Å²) in [5, 5.41) is 0. The lowest BCUT2D eigenvalue weighted by molar-refractivity contribution is 0.195. The van der Waals surface area contributed by atoms with E-state index >= 15 is 0 Å². The summed E-state index contributed by atoms with van der Waals surface area (Å²) in [7, 11) is -3.58. The normalized spacial score (nSPS) is 14.7. The molecule has 0 saturated heterocycles. The minimum atomic E-state index is -3.58. The third kappa shape index (κ3) is 9.93. The lowest BCUT2D eigenvalue weighted by atomic mass is 10.2. The van der Waals surface area contributed by atoms with Crippen molar-refractivity contribution in [3.63, 3.8) is 0 Å². The maximum atomic E-state index is 12.3. The van der Waals surface area contributed by atoms with Crippen molar-refractivity contribution in [2.75, 3.05) is 19.7 Å². The Morgan fingerprint density at radius 3 is 1.85 bits per heavy atom. The van der Waals surface area contributed by atoms with Crippen LogP contribution < -0.4 is 0 Å². The molecule has 0 bridgehead atoms. The van der Waals surface area contributed by atoms with Crippen molar-refractivity contribution in [1.29, 1.82) is 0 Å². The first-order valence-electron chi connectivity index (χ1n) is 8.31. The van der Waals surface area contributed by atoms with Crippen molar-refractivity contribution >= 4 is 7.75 Å². The summed E-state index contributed by atoms with van der Waals surface area (Å²) < 4.78 is 19.2. The van der Waals surface area contributed by atoms with Crippen LogP contribution in [0.25, 0.3) is 0 Å². The number of rotatable bonds is 14. The van der Waals surface area contributed by atoms with Gasteiger partial charge >= 0.3 is 7.75 Å². The van der Waals surface area contributed by atoms with Crippen LogP contribution in [0.3, 0.4) is 0 Å². The highest BCUT2D eigenvalue weighted by molar-refractivity contribution is 7.50. The van der Waals surface area contributed by atoms with Crippen LogP contribution in [0, 0.1) is 0 Å². The van der Waals surface area contributed by atoms with Gasteiger partial charge in [-0.2, -0.15) is 0 Å². The Labute approximate surface area is 125 Å². The Balaban J connectivity index is 4.06. The monoisotopic (exact) mass is 307 g/mol. The molecule has 0 aromatic carbocycles. The molecule has 0 aromatic rings. The molecular weight excluding hydrogens is 273 g/mol. The first kappa shape index (κ1) is 20.1. The molecular formula is C15H34NO3P. The summed E-state index contributed by atoms with van der Waals surface area (Å²) in [5.74, 6) is 0. The molecule has 1 unspecified atom stereocenters. The van der Waals surface area contributed by atoms with E-state index in [-0.39, 0.29) is 0 Å². The van der Waals surface area contributed by atoms with Crippen molar-refractivity contribution in [1.82, 2.24) is 4.67 Å². The average molecular weight is 307 g/mol. The molecule has 0 aromatic heterocycles. The summed E-state index contributed by atoms with van der Waals surface area (Å²) in [4.78, 5) is 10.1. The fourth-order valence-electron chi connectivity index (χ4n) is 2.02. The topological polar surface area (TPSA) is 49.8 Å².